The van der Waals surface area contributed by atoms with Gasteiger partial charge >= 0.3 is 0 Å². The molecule has 0 aliphatic rings. The van der Waals surface area contributed by atoms with Crippen LogP contribution in [-0.4, -0.2) is 0 Å². The van der Waals surface area contributed by atoms with Gasteiger partial charge in [-0.3, -0.25) is 0 Å². The molecule has 1 nitrogen and oxygen atoms in total. The highest BCUT2D eigenvalue weighted by Gasteiger charge is 2.22. The maximum Gasteiger partial charge on any atom is 0.0455 e. The molecular formula is C18H24ClN. The number of benzene rings is 1. The molecule has 1 aromatic carbocycles. The van der Waals surface area contributed by atoms with Gasteiger partial charge in [0.05, 0.1) is 0 Å². The van der Waals surface area contributed by atoms with Gasteiger partial charge in [-0.05, 0) is 44.4 Å². The van der Waals surface area contributed by atoms with Gasteiger partial charge in [0.1, 0.15) is 0 Å². The molecule has 2 unspecified atom stereocenters. The van der Waals surface area contributed by atoms with Gasteiger partial charge in [0.2, 0.25) is 0 Å². The van der Waals surface area contributed by atoms with E-state index in [1.165, 1.54) is 0 Å². The Morgan fingerprint density at radius 2 is 1.75 bits per heavy atom. The average molecular weight is 290 g/mol. The molecule has 2 atom stereocenters. The summed E-state index contributed by atoms with van der Waals surface area (Å²) >= 11 is 6.15. The van der Waals surface area contributed by atoms with Crippen molar-refractivity contribution in [3.05, 3.63) is 65.4 Å². The molecule has 0 aliphatic heterocycles. The van der Waals surface area contributed by atoms with Gasteiger partial charge in [-0.15, -0.1) is 0 Å². The maximum atomic E-state index is 6.15. The monoisotopic (exact) mass is 289 g/mol. The molecule has 1 N–H and O–H groups in total. The summed E-state index contributed by atoms with van der Waals surface area (Å²) in [6.07, 6.45) is 0. The molecule has 2 heteroatoms. The van der Waals surface area contributed by atoms with Crippen LogP contribution in [0.15, 0.2) is 54.8 Å². The van der Waals surface area contributed by atoms with E-state index < -0.39 is 0 Å². The number of hydrogen-bond acceptors (Lipinski definition) is 1. The zero-order valence-electron chi connectivity index (χ0n) is 12.9. The normalized spacial score (nSPS) is 13.4. The third-order valence-electron chi connectivity index (χ3n) is 3.75. The van der Waals surface area contributed by atoms with Crippen LogP contribution in [0.5, 0.6) is 0 Å². The average Bonchev–Trinajstić information content (AvgIpc) is 2.34. The Morgan fingerprint density at radius 1 is 1.15 bits per heavy atom. The maximum absolute atomic E-state index is 6.15. The fraction of sp³-hybridized carbons (Fsp3) is 0.333. The lowest BCUT2D eigenvalue weighted by molar-refractivity contribution is 0.533. The molecule has 20 heavy (non-hydrogen) atoms. The van der Waals surface area contributed by atoms with Crippen LogP contribution < -0.4 is 5.32 Å². The van der Waals surface area contributed by atoms with Crippen LogP contribution in [0.25, 0.3) is 0 Å². The summed E-state index contributed by atoms with van der Waals surface area (Å²) in [6.45, 7) is 20.5. The Bertz CT molecular complexity index is 542. The van der Waals surface area contributed by atoms with Gasteiger partial charge in [-0.25, -0.2) is 0 Å². The predicted molar refractivity (Wildman–Crippen MR) is 91.2 cm³/mol. The number of rotatable bonds is 6. The van der Waals surface area contributed by atoms with E-state index in [-0.39, 0.29) is 5.92 Å². The van der Waals surface area contributed by atoms with Gasteiger partial charge in [0, 0.05) is 22.3 Å². The van der Waals surface area contributed by atoms with Crippen LogP contribution in [0.2, 0.25) is 5.02 Å². The highest BCUT2D eigenvalue weighted by Crippen LogP contribution is 2.32. The SMILES string of the molecule is C=C(C)C(C)C(C(=C)C)C(=C)Nc1cccc(Cl)c1C. The molecule has 0 heterocycles. The quantitative estimate of drug-likeness (QED) is 0.635. The lowest BCUT2D eigenvalue weighted by atomic mass is 9.82. The Hall–Kier alpha value is -1.47. The molecule has 0 aromatic heterocycles. The van der Waals surface area contributed by atoms with Crippen molar-refractivity contribution >= 4 is 17.3 Å². The zero-order chi connectivity index (χ0) is 15.4. The molecular weight excluding hydrogens is 266 g/mol. The second kappa shape index (κ2) is 6.81. The summed E-state index contributed by atoms with van der Waals surface area (Å²) in [5, 5.41) is 4.14. The molecule has 1 aromatic rings. The molecule has 0 amide bonds. The zero-order valence-corrected chi connectivity index (χ0v) is 13.6. The number of hydrogen-bond donors (Lipinski definition) is 1. The van der Waals surface area contributed by atoms with Gasteiger partial charge < -0.3 is 5.32 Å². The van der Waals surface area contributed by atoms with Crippen molar-refractivity contribution in [3.63, 3.8) is 0 Å². The Balaban J connectivity index is 3.00. The van der Waals surface area contributed by atoms with Crippen molar-refractivity contribution in [3.8, 4) is 0 Å². The molecule has 0 spiro atoms. The minimum Gasteiger partial charge on any atom is -0.359 e. The molecule has 0 radical (unpaired) electrons. The van der Waals surface area contributed by atoms with E-state index in [0.717, 1.165) is 33.1 Å². The lowest BCUT2D eigenvalue weighted by Crippen LogP contribution is -2.20. The van der Waals surface area contributed by atoms with E-state index >= 15 is 0 Å². The van der Waals surface area contributed by atoms with Crippen LogP contribution in [0.4, 0.5) is 5.69 Å². The minimum atomic E-state index is 0.158. The summed E-state index contributed by atoms with van der Waals surface area (Å²) in [6, 6.07) is 5.83. The Morgan fingerprint density at radius 3 is 2.25 bits per heavy atom. The first kappa shape index (κ1) is 16.6. The van der Waals surface area contributed by atoms with E-state index in [1.54, 1.807) is 0 Å². The summed E-state index contributed by atoms with van der Waals surface area (Å²) in [5.41, 5.74) is 5.15. The Kier molecular flexibility index (Phi) is 5.64. The van der Waals surface area contributed by atoms with E-state index in [9.17, 15) is 0 Å². The highest BCUT2D eigenvalue weighted by atomic mass is 35.5. The first-order valence-corrected chi connectivity index (χ1v) is 7.15. The van der Waals surface area contributed by atoms with Crippen LogP contribution in [0, 0.1) is 18.8 Å². The standard InChI is InChI=1S/C18H24ClN/c1-11(2)13(5)18(12(3)4)15(7)20-17-10-8-9-16(19)14(17)6/h8-10,13,18,20H,1,3,7H2,2,4-6H3. The summed E-state index contributed by atoms with van der Waals surface area (Å²) < 4.78 is 0. The van der Waals surface area contributed by atoms with Gasteiger partial charge in [-0.2, -0.15) is 0 Å². The molecule has 1 rings (SSSR count). The summed E-state index contributed by atoms with van der Waals surface area (Å²) in [4.78, 5) is 0. The first-order valence-electron chi connectivity index (χ1n) is 6.77. The second-order valence-electron chi connectivity index (χ2n) is 5.52. The van der Waals surface area contributed by atoms with Crippen LogP contribution in [-0.2, 0) is 0 Å². The molecule has 0 aliphatic carbocycles. The molecule has 0 saturated heterocycles. The van der Waals surface area contributed by atoms with Crippen LogP contribution >= 0.6 is 11.6 Å². The van der Waals surface area contributed by atoms with Crippen molar-refractivity contribution in [1.82, 2.24) is 0 Å². The highest BCUT2D eigenvalue weighted by molar-refractivity contribution is 6.31. The van der Waals surface area contributed by atoms with Crippen LogP contribution in [0.1, 0.15) is 26.3 Å². The van der Waals surface area contributed by atoms with Gasteiger partial charge in [0.15, 0.2) is 0 Å². The number of allylic oxidation sites excluding steroid dienone is 2. The fourth-order valence-corrected chi connectivity index (χ4v) is 2.48. The number of anilines is 1. The van der Waals surface area contributed by atoms with Gasteiger partial charge in [0.25, 0.3) is 0 Å². The van der Waals surface area contributed by atoms with Crippen molar-refractivity contribution in [2.24, 2.45) is 11.8 Å². The van der Waals surface area contributed by atoms with Crippen molar-refractivity contribution in [2.45, 2.75) is 27.7 Å². The molecule has 0 fully saturated rings. The number of nitrogens with one attached hydrogen (secondary N) is 1. The van der Waals surface area contributed by atoms with Crippen molar-refractivity contribution in [1.29, 1.82) is 0 Å². The smallest absolute Gasteiger partial charge is 0.0455 e. The summed E-state index contributed by atoms with van der Waals surface area (Å²) in [5.74, 6) is 0.456. The van der Waals surface area contributed by atoms with E-state index in [2.05, 4.69) is 32.0 Å². The van der Waals surface area contributed by atoms with E-state index in [1.807, 2.05) is 39.0 Å². The molecule has 0 bridgehead atoms. The third kappa shape index (κ3) is 3.77. The van der Waals surface area contributed by atoms with E-state index in [0.29, 0.717) is 5.92 Å². The molecule has 108 valence electrons. The Labute approximate surface area is 128 Å². The number of halogens is 1. The summed E-state index contributed by atoms with van der Waals surface area (Å²) in [7, 11) is 0. The van der Waals surface area contributed by atoms with Crippen LogP contribution in [0.3, 0.4) is 0 Å². The first-order chi connectivity index (χ1) is 9.25. The molecule has 0 saturated carbocycles. The van der Waals surface area contributed by atoms with Crippen molar-refractivity contribution < 1.29 is 0 Å². The topological polar surface area (TPSA) is 12.0 Å². The second-order valence-corrected chi connectivity index (χ2v) is 5.93. The van der Waals surface area contributed by atoms with Crippen molar-refractivity contribution in [2.75, 3.05) is 5.32 Å². The lowest BCUT2D eigenvalue weighted by Gasteiger charge is -2.28. The van der Waals surface area contributed by atoms with E-state index in [4.69, 9.17) is 11.6 Å². The third-order valence-corrected chi connectivity index (χ3v) is 4.16. The van der Waals surface area contributed by atoms with Gasteiger partial charge in [-0.1, -0.05) is 55.5 Å². The predicted octanol–water partition coefficient (Wildman–Crippen LogP) is 5.98. The fourth-order valence-electron chi connectivity index (χ4n) is 2.30. The largest absolute Gasteiger partial charge is 0.359 e. The minimum absolute atomic E-state index is 0.158.